The minimum atomic E-state index is -0.342. The maximum absolute atomic E-state index is 9.26. The molecule has 4 nitrogen and oxygen atoms in total. The van der Waals surface area contributed by atoms with E-state index in [4.69, 9.17) is 0 Å². The van der Waals surface area contributed by atoms with Crippen molar-refractivity contribution >= 4 is 23.1 Å². The quantitative estimate of drug-likeness (QED) is 0.590. The van der Waals surface area contributed by atoms with Crippen molar-refractivity contribution in [3.05, 3.63) is 5.01 Å². The van der Waals surface area contributed by atoms with Gasteiger partial charge >= 0.3 is 0 Å². The molecule has 6 heteroatoms. The minimum Gasteiger partial charge on any atom is -0.297 e. The molecule has 1 aromatic rings. The maximum Gasteiger partial charge on any atom is 0.174 e. The standard InChI is InChI=1S/C13H20N4S2/c1-10-16-17-12(19-10)18-8-4-3-7-13(2,9-14)15-11-5-6-11/h11,15H,3-8H2,1-2H3. The Morgan fingerprint density at radius 2 is 2.26 bits per heavy atom. The van der Waals surface area contributed by atoms with Crippen LogP contribution in [0.3, 0.4) is 0 Å². The molecular formula is C13H20N4S2. The summed E-state index contributed by atoms with van der Waals surface area (Å²) < 4.78 is 1.05. The van der Waals surface area contributed by atoms with Crippen LogP contribution in [0, 0.1) is 18.3 Å². The number of nitrogens with zero attached hydrogens (tertiary/aromatic N) is 3. The van der Waals surface area contributed by atoms with Gasteiger partial charge in [-0.25, -0.2) is 0 Å². The highest BCUT2D eigenvalue weighted by Crippen LogP contribution is 2.26. The van der Waals surface area contributed by atoms with E-state index in [0.717, 1.165) is 34.4 Å². The molecule has 0 bridgehead atoms. The Bertz CT molecular complexity index is 450. The second kappa shape index (κ2) is 6.69. The van der Waals surface area contributed by atoms with Crippen molar-refractivity contribution in [3.8, 4) is 6.07 Å². The lowest BCUT2D eigenvalue weighted by atomic mass is 9.96. The van der Waals surface area contributed by atoms with Crippen LogP contribution in [0.1, 0.15) is 44.0 Å². The van der Waals surface area contributed by atoms with E-state index in [1.54, 1.807) is 23.1 Å². The average Bonchev–Trinajstić information content (AvgIpc) is 3.09. The molecular weight excluding hydrogens is 276 g/mol. The molecule has 104 valence electrons. The van der Waals surface area contributed by atoms with E-state index in [1.165, 1.54) is 12.8 Å². The normalized spacial score (nSPS) is 17.9. The van der Waals surface area contributed by atoms with E-state index in [-0.39, 0.29) is 5.54 Å². The predicted molar refractivity (Wildman–Crippen MR) is 79.4 cm³/mol. The van der Waals surface area contributed by atoms with E-state index in [2.05, 4.69) is 21.6 Å². The number of hydrogen-bond donors (Lipinski definition) is 1. The predicted octanol–water partition coefficient (Wildman–Crippen LogP) is 3.14. The largest absolute Gasteiger partial charge is 0.297 e. The van der Waals surface area contributed by atoms with Gasteiger partial charge in [-0.05, 0) is 46.0 Å². The van der Waals surface area contributed by atoms with Crippen molar-refractivity contribution in [2.45, 2.75) is 61.9 Å². The highest BCUT2D eigenvalue weighted by molar-refractivity contribution is 8.01. The number of thioether (sulfide) groups is 1. The van der Waals surface area contributed by atoms with Crippen molar-refractivity contribution in [1.82, 2.24) is 15.5 Å². The van der Waals surface area contributed by atoms with Gasteiger partial charge in [-0.1, -0.05) is 23.1 Å². The average molecular weight is 296 g/mol. The second-order valence-electron chi connectivity index (χ2n) is 5.26. The molecule has 1 heterocycles. The molecule has 1 aliphatic rings. The van der Waals surface area contributed by atoms with Crippen molar-refractivity contribution in [2.24, 2.45) is 0 Å². The molecule has 1 fully saturated rings. The van der Waals surface area contributed by atoms with Gasteiger partial charge in [0.25, 0.3) is 0 Å². The summed E-state index contributed by atoms with van der Waals surface area (Å²) in [6.07, 6.45) is 5.57. The molecule has 0 radical (unpaired) electrons. The van der Waals surface area contributed by atoms with Gasteiger partial charge in [-0.3, -0.25) is 5.32 Å². The first-order valence-electron chi connectivity index (χ1n) is 6.73. The van der Waals surface area contributed by atoms with E-state index < -0.39 is 0 Å². The lowest BCUT2D eigenvalue weighted by Gasteiger charge is -2.23. The zero-order chi connectivity index (χ0) is 13.7. The molecule has 1 unspecified atom stereocenters. The van der Waals surface area contributed by atoms with Crippen LogP contribution in [-0.2, 0) is 0 Å². The molecule has 1 N–H and O–H groups in total. The number of nitrogens with one attached hydrogen (secondary N) is 1. The summed E-state index contributed by atoms with van der Waals surface area (Å²) in [5.41, 5.74) is -0.342. The molecule has 0 saturated heterocycles. The Morgan fingerprint density at radius 3 is 2.84 bits per heavy atom. The Balaban J connectivity index is 1.61. The third kappa shape index (κ3) is 5.09. The topological polar surface area (TPSA) is 61.6 Å². The molecule has 2 rings (SSSR count). The van der Waals surface area contributed by atoms with Gasteiger partial charge in [-0.2, -0.15) is 5.26 Å². The van der Waals surface area contributed by atoms with Gasteiger partial charge in [0.15, 0.2) is 4.34 Å². The van der Waals surface area contributed by atoms with Crippen molar-refractivity contribution in [1.29, 1.82) is 5.26 Å². The van der Waals surface area contributed by atoms with Crippen molar-refractivity contribution < 1.29 is 0 Å². The number of aromatic nitrogens is 2. The number of unbranched alkanes of at least 4 members (excludes halogenated alkanes) is 1. The fourth-order valence-corrected chi connectivity index (χ4v) is 3.80. The molecule has 0 aromatic carbocycles. The summed E-state index contributed by atoms with van der Waals surface area (Å²) in [7, 11) is 0. The maximum atomic E-state index is 9.26. The molecule has 19 heavy (non-hydrogen) atoms. The third-order valence-corrected chi connectivity index (χ3v) is 5.21. The van der Waals surface area contributed by atoms with E-state index in [1.807, 2.05) is 13.8 Å². The highest BCUT2D eigenvalue weighted by Gasteiger charge is 2.31. The van der Waals surface area contributed by atoms with Crippen LogP contribution in [0.4, 0.5) is 0 Å². The van der Waals surface area contributed by atoms with Crippen LogP contribution in [-0.4, -0.2) is 27.5 Å². The summed E-state index contributed by atoms with van der Waals surface area (Å²) in [5, 5.41) is 21.8. The fraction of sp³-hybridized carbons (Fsp3) is 0.769. The first-order valence-corrected chi connectivity index (χ1v) is 8.53. The molecule has 0 spiro atoms. The molecule has 1 aromatic heterocycles. The number of aryl methyl sites for hydroxylation is 1. The van der Waals surface area contributed by atoms with Crippen molar-refractivity contribution in [2.75, 3.05) is 5.75 Å². The second-order valence-corrected chi connectivity index (χ2v) is 7.78. The van der Waals surface area contributed by atoms with Gasteiger partial charge in [0, 0.05) is 11.8 Å². The van der Waals surface area contributed by atoms with Crippen LogP contribution in [0.25, 0.3) is 0 Å². The van der Waals surface area contributed by atoms with Crippen molar-refractivity contribution in [3.63, 3.8) is 0 Å². The summed E-state index contributed by atoms with van der Waals surface area (Å²) in [5.74, 6) is 1.06. The number of nitriles is 1. The smallest absolute Gasteiger partial charge is 0.174 e. The van der Waals surface area contributed by atoms with Crippen LogP contribution in [0.2, 0.25) is 0 Å². The zero-order valence-corrected chi connectivity index (χ0v) is 13.1. The number of rotatable bonds is 8. The summed E-state index contributed by atoms with van der Waals surface area (Å²) in [6.45, 7) is 4.00. The summed E-state index contributed by atoms with van der Waals surface area (Å²) in [4.78, 5) is 0. The zero-order valence-electron chi connectivity index (χ0n) is 11.5. The molecule has 1 aliphatic carbocycles. The summed E-state index contributed by atoms with van der Waals surface area (Å²) in [6, 6.07) is 3.01. The van der Waals surface area contributed by atoms with E-state index in [9.17, 15) is 5.26 Å². The van der Waals surface area contributed by atoms with Gasteiger partial charge in [0.1, 0.15) is 10.5 Å². The first-order chi connectivity index (χ1) is 9.11. The lowest BCUT2D eigenvalue weighted by Crippen LogP contribution is -2.42. The molecule has 1 saturated carbocycles. The van der Waals surface area contributed by atoms with Gasteiger partial charge in [-0.15, -0.1) is 10.2 Å². The molecule has 0 amide bonds. The Kier molecular flexibility index (Phi) is 5.20. The SMILES string of the molecule is Cc1nnc(SCCCCC(C)(C#N)NC2CC2)s1. The number of hydrogen-bond acceptors (Lipinski definition) is 6. The van der Waals surface area contributed by atoms with Gasteiger partial charge in [0.05, 0.1) is 6.07 Å². The van der Waals surface area contributed by atoms with Gasteiger partial charge < -0.3 is 0 Å². The van der Waals surface area contributed by atoms with Crippen LogP contribution in [0.15, 0.2) is 4.34 Å². The highest BCUT2D eigenvalue weighted by atomic mass is 32.2. The first kappa shape index (κ1) is 14.8. The molecule has 1 atom stereocenters. The monoisotopic (exact) mass is 296 g/mol. The van der Waals surface area contributed by atoms with Crippen LogP contribution in [0.5, 0.6) is 0 Å². The molecule has 0 aliphatic heterocycles. The Labute approximate surface area is 123 Å². The van der Waals surface area contributed by atoms with E-state index >= 15 is 0 Å². The Morgan fingerprint density at radius 1 is 1.47 bits per heavy atom. The summed E-state index contributed by atoms with van der Waals surface area (Å²) >= 11 is 3.42. The van der Waals surface area contributed by atoms with E-state index in [0.29, 0.717) is 6.04 Å². The Hall–Kier alpha value is -0.640. The third-order valence-electron chi connectivity index (χ3n) is 3.15. The van der Waals surface area contributed by atoms with Crippen LogP contribution >= 0.6 is 23.1 Å². The van der Waals surface area contributed by atoms with Gasteiger partial charge in [0.2, 0.25) is 0 Å². The fourth-order valence-electron chi connectivity index (χ4n) is 1.92. The van der Waals surface area contributed by atoms with Crippen LogP contribution < -0.4 is 5.32 Å². The lowest BCUT2D eigenvalue weighted by molar-refractivity contribution is 0.402. The minimum absolute atomic E-state index is 0.342.